The second-order valence-corrected chi connectivity index (χ2v) is 4.97. The molecule has 1 nitrogen and oxygen atoms in total. The van der Waals surface area contributed by atoms with Gasteiger partial charge in [-0.15, -0.1) is 0 Å². The van der Waals surface area contributed by atoms with Crippen LogP contribution in [0.3, 0.4) is 0 Å². The van der Waals surface area contributed by atoms with Crippen LogP contribution >= 0.6 is 0 Å². The van der Waals surface area contributed by atoms with Gasteiger partial charge in [0, 0.05) is 5.56 Å². The van der Waals surface area contributed by atoms with E-state index in [0.29, 0.717) is 0 Å². The summed E-state index contributed by atoms with van der Waals surface area (Å²) in [5.74, 6) is -1.39. The van der Waals surface area contributed by atoms with E-state index >= 15 is 0 Å². The molecular formula is C16H16F3N. The molecule has 0 spiro atoms. The van der Waals surface area contributed by atoms with Crippen molar-refractivity contribution in [3.63, 3.8) is 0 Å². The maximum Gasteiger partial charge on any atom is 0.146 e. The highest BCUT2D eigenvalue weighted by molar-refractivity contribution is 5.48. The summed E-state index contributed by atoms with van der Waals surface area (Å²) in [6.45, 7) is 4.94. The molecule has 0 aliphatic rings. The Hall–Kier alpha value is -1.97. The Bertz CT molecular complexity index is 638. The average molecular weight is 279 g/mol. The van der Waals surface area contributed by atoms with Crippen LogP contribution in [0, 0.1) is 31.3 Å². The van der Waals surface area contributed by atoms with Gasteiger partial charge in [-0.2, -0.15) is 0 Å². The molecule has 0 amide bonds. The first-order valence-corrected chi connectivity index (χ1v) is 6.36. The van der Waals surface area contributed by atoms with Crippen LogP contribution in [0.15, 0.2) is 30.3 Å². The number of halogens is 3. The number of hydrogen-bond acceptors (Lipinski definition) is 1. The van der Waals surface area contributed by atoms with E-state index in [9.17, 15) is 13.2 Å². The third kappa shape index (κ3) is 2.95. The average Bonchev–Trinajstić information content (AvgIpc) is 2.37. The Kier molecular flexibility index (Phi) is 4.02. The Morgan fingerprint density at radius 3 is 2.25 bits per heavy atom. The van der Waals surface area contributed by atoms with Crippen LogP contribution in [0.5, 0.6) is 0 Å². The minimum Gasteiger partial charge on any atom is -0.376 e. The van der Waals surface area contributed by atoms with Crippen molar-refractivity contribution in [2.24, 2.45) is 0 Å². The number of benzene rings is 2. The van der Waals surface area contributed by atoms with Crippen molar-refractivity contribution in [2.45, 2.75) is 26.8 Å². The van der Waals surface area contributed by atoms with Gasteiger partial charge < -0.3 is 5.32 Å². The van der Waals surface area contributed by atoms with Gasteiger partial charge in [-0.05, 0) is 56.2 Å². The second kappa shape index (κ2) is 5.57. The molecule has 2 aromatic rings. The molecule has 2 rings (SSSR count). The van der Waals surface area contributed by atoms with Gasteiger partial charge in [-0.1, -0.05) is 6.07 Å². The van der Waals surface area contributed by atoms with Crippen molar-refractivity contribution >= 4 is 5.69 Å². The van der Waals surface area contributed by atoms with Gasteiger partial charge >= 0.3 is 0 Å². The zero-order chi connectivity index (χ0) is 14.9. The molecule has 0 fully saturated rings. The first kappa shape index (κ1) is 14.4. The lowest BCUT2D eigenvalue weighted by atomic mass is 10.0. The van der Waals surface area contributed by atoms with Gasteiger partial charge in [0.05, 0.1) is 11.7 Å². The summed E-state index contributed by atoms with van der Waals surface area (Å²) in [7, 11) is 0. The third-order valence-electron chi connectivity index (χ3n) is 3.24. The minimum atomic E-state index is -0.540. The predicted molar refractivity (Wildman–Crippen MR) is 74.3 cm³/mol. The Morgan fingerprint density at radius 2 is 1.60 bits per heavy atom. The fourth-order valence-electron chi connectivity index (χ4n) is 2.04. The monoisotopic (exact) mass is 279 g/mol. The van der Waals surface area contributed by atoms with E-state index in [1.807, 2.05) is 0 Å². The molecular weight excluding hydrogens is 263 g/mol. The quantitative estimate of drug-likeness (QED) is 0.843. The zero-order valence-electron chi connectivity index (χ0n) is 11.6. The molecule has 4 heteroatoms. The van der Waals surface area contributed by atoms with E-state index in [-0.39, 0.29) is 16.8 Å². The molecule has 0 aliphatic carbocycles. The second-order valence-electron chi connectivity index (χ2n) is 4.97. The molecule has 20 heavy (non-hydrogen) atoms. The normalized spacial score (nSPS) is 12.3. The molecule has 0 bridgehead atoms. The van der Waals surface area contributed by atoms with Crippen molar-refractivity contribution < 1.29 is 13.2 Å². The lowest BCUT2D eigenvalue weighted by molar-refractivity contribution is 0.569. The number of nitrogens with one attached hydrogen (secondary N) is 1. The predicted octanol–water partition coefficient (Wildman–Crippen LogP) is 4.89. The molecule has 0 aliphatic heterocycles. The third-order valence-corrected chi connectivity index (χ3v) is 3.24. The smallest absolute Gasteiger partial charge is 0.146 e. The van der Waals surface area contributed by atoms with Gasteiger partial charge in [-0.3, -0.25) is 0 Å². The van der Waals surface area contributed by atoms with Crippen LogP contribution in [0.2, 0.25) is 0 Å². The van der Waals surface area contributed by atoms with Gasteiger partial charge in [0.15, 0.2) is 0 Å². The highest BCUT2D eigenvalue weighted by Crippen LogP contribution is 2.25. The maximum atomic E-state index is 13.8. The summed E-state index contributed by atoms with van der Waals surface area (Å²) in [6.07, 6.45) is 0. The summed E-state index contributed by atoms with van der Waals surface area (Å²) in [5, 5.41) is 2.86. The molecule has 0 saturated heterocycles. The van der Waals surface area contributed by atoms with Crippen LogP contribution < -0.4 is 5.32 Å². The fraction of sp³-hybridized carbons (Fsp3) is 0.250. The molecule has 1 N–H and O–H groups in total. The summed E-state index contributed by atoms with van der Waals surface area (Å²) in [6, 6.07) is 6.49. The summed E-state index contributed by atoms with van der Waals surface area (Å²) in [5.41, 5.74) is 1.49. The molecule has 0 heterocycles. The van der Waals surface area contributed by atoms with E-state index in [2.05, 4.69) is 5.32 Å². The SMILES string of the molecule is Cc1ccc(NC(C)c2cc(F)c(C)cc2F)c(F)c1. The van der Waals surface area contributed by atoms with E-state index in [0.717, 1.165) is 17.7 Å². The summed E-state index contributed by atoms with van der Waals surface area (Å²) >= 11 is 0. The van der Waals surface area contributed by atoms with Gasteiger partial charge in [-0.25, -0.2) is 13.2 Å². The molecule has 0 aromatic heterocycles. The molecule has 1 atom stereocenters. The molecule has 0 radical (unpaired) electrons. The van der Waals surface area contributed by atoms with Crippen molar-refractivity contribution in [1.82, 2.24) is 0 Å². The first-order chi connectivity index (χ1) is 9.38. The lowest BCUT2D eigenvalue weighted by Crippen LogP contribution is -2.10. The highest BCUT2D eigenvalue weighted by Gasteiger charge is 2.15. The molecule has 1 unspecified atom stereocenters. The van der Waals surface area contributed by atoms with Crippen molar-refractivity contribution in [3.05, 3.63) is 64.5 Å². The first-order valence-electron chi connectivity index (χ1n) is 6.36. The topological polar surface area (TPSA) is 12.0 Å². The van der Waals surface area contributed by atoms with E-state index < -0.39 is 23.5 Å². The van der Waals surface area contributed by atoms with Gasteiger partial charge in [0.1, 0.15) is 17.5 Å². The van der Waals surface area contributed by atoms with Crippen molar-refractivity contribution in [2.75, 3.05) is 5.32 Å². The number of rotatable bonds is 3. The summed E-state index contributed by atoms with van der Waals surface area (Å²) < 4.78 is 41.1. The van der Waals surface area contributed by atoms with E-state index in [1.54, 1.807) is 26.0 Å². The standard InChI is InChI=1S/C16H16F3N/c1-9-4-5-16(15(19)6-9)20-11(3)12-8-13(17)10(2)7-14(12)18/h4-8,11,20H,1-3H3. The largest absolute Gasteiger partial charge is 0.376 e. The molecule has 0 saturated carbocycles. The van der Waals surface area contributed by atoms with Crippen LogP contribution in [0.1, 0.15) is 29.7 Å². The van der Waals surface area contributed by atoms with Crippen LogP contribution in [-0.4, -0.2) is 0 Å². The van der Waals surface area contributed by atoms with Crippen molar-refractivity contribution in [1.29, 1.82) is 0 Å². The molecule has 2 aromatic carbocycles. The van der Waals surface area contributed by atoms with Crippen LogP contribution in [0.4, 0.5) is 18.9 Å². The molecule has 106 valence electrons. The summed E-state index contributed by atoms with van der Waals surface area (Å²) in [4.78, 5) is 0. The van der Waals surface area contributed by atoms with Crippen LogP contribution in [-0.2, 0) is 0 Å². The van der Waals surface area contributed by atoms with Crippen molar-refractivity contribution in [3.8, 4) is 0 Å². The number of hydrogen-bond donors (Lipinski definition) is 1. The van der Waals surface area contributed by atoms with Crippen LogP contribution in [0.25, 0.3) is 0 Å². The van der Waals surface area contributed by atoms with Gasteiger partial charge in [0.2, 0.25) is 0 Å². The highest BCUT2D eigenvalue weighted by atomic mass is 19.1. The van der Waals surface area contributed by atoms with E-state index in [4.69, 9.17) is 0 Å². The fourth-order valence-corrected chi connectivity index (χ4v) is 2.04. The Labute approximate surface area is 116 Å². The van der Waals surface area contributed by atoms with E-state index in [1.165, 1.54) is 13.0 Å². The lowest BCUT2D eigenvalue weighted by Gasteiger charge is -2.18. The number of anilines is 1. The Morgan fingerprint density at radius 1 is 0.900 bits per heavy atom. The minimum absolute atomic E-state index is 0.174. The number of aryl methyl sites for hydroxylation is 2. The Balaban J connectivity index is 2.28. The zero-order valence-corrected chi connectivity index (χ0v) is 11.6. The maximum absolute atomic E-state index is 13.8. The van der Waals surface area contributed by atoms with Gasteiger partial charge in [0.25, 0.3) is 0 Å².